The number of methoxy groups -OCH3 is 1. The van der Waals surface area contributed by atoms with Crippen molar-refractivity contribution in [1.82, 2.24) is 9.78 Å². The zero-order valence-corrected chi connectivity index (χ0v) is 32.2. The van der Waals surface area contributed by atoms with Crippen LogP contribution in [0.25, 0.3) is 20.7 Å². The predicted octanol–water partition coefficient (Wildman–Crippen LogP) is 7.11. The van der Waals surface area contributed by atoms with Crippen LogP contribution in [-0.2, 0) is 26.2 Å². The molecule has 4 heterocycles. The first-order valence-electron chi connectivity index (χ1n) is 18.1. The zero-order chi connectivity index (χ0) is 39.5. The molecular formula is C42H35ClN4O8S. The summed E-state index contributed by atoms with van der Waals surface area (Å²) in [6.07, 6.45) is 2.17. The number of carboxylic acids is 1. The van der Waals surface area contributed by atoms with Crippen LogP contribution in [0.2, 0.25) is 5.02 Å². The summed E-state index contributed by atoms with van der Waals surface area (Å²) in [5, 5.41) is 27.5. The number of carbonyl (C=O) groups excluding carboxylic acids is 4. The number of hydrogen-bond acceptors (Lipinski definition) is 9. The number of aromatic nitrogens is 2. The highest BCUT2D eigenvalue weighted by molar-refractivity contribution is 7.22. The van der Waals surface area contributed by atoms with Crippen molar-refractivity contribution in [3.05, 3.63) is 100 Å². The van der Waals surface area contributed by atoms with E-state index in [1.54, 1.807) is 32.2 Å². The maximum atomic E-state index is 15.1. The van der Waals surface area contributed by atoms with Gasteiger partial charge < -0.3 is 14.9 Å². The largest absolute Gasteiger partial charge is 0.508 e. The first kappa shape index (κ1) is 35.9. The Balaban J connectivity index is 1.15. The van der Waals surface area contributed by atoms with Crippen LogP contribution < -0.4 is 14.5 Å². The maximum absolute atomic E-state index is 15.1. The van der Waals surface area contributed by atoms with Crippen LogP contribution in [0.3, 0.4) is 0 Å². The Kier molecular flexibility index (Phi) is 8.08. The number of hydrogen-bond donors (Lipinski definition) is 2. The molecule has 4 amide bonds. The van der Waals surface area contributed by atoms with E-state index in [4.69, 9.17) is 21.4 Å². The summed E-state index contributed by atoms with van der Waals surface area (Å²) in [7, 11) is 3.15. The summed E-state index contributed by atoms with van der Waals surface area (Å²) in [6.45, 7) is 3.73. The zero-order valence-electron chi connectivity index (χ0n) is 30.6. The third-order valence-corrected chi connectivity index (χ3v) is 13.9. The van der Waals surface area contributed by atoms with E-state index in [0.717, 1.165) is 25.4 Å². The molecule has 3 aromatic carbocycles. The molecule has 0 unspecified atom stereocenters. The Morgan fingerprint density at radius 2 is 1.77 bits per heavy atom. The quantitative estimate of drug-likeness (QED) is 0.135. The predicted molar refractivity (Wildman–Crippen MR) is 209 cm³/mol. The standard InChI is InChI=1S/C42H35ClN4O8S/c1-19-27-15-21(43)8-13-32(27)56-36(19)30-18-33(45(3)44-30)47-38(50)29-17-28-24(35(42(29,2)41(47)54)25-10-9-23(55-4)16-31(25)48)11-12-26-34(28)39(51)46(37(26)49)22-7-5-6-20(14-22)40(52)53/h5-11,13-16,18,26,28-29,34-35,48H,12,17H2,1-4H3,(H,52,53)/t26-,28+,29-,34-,35+,42+/m0/s1. The first-order valence-corrected chi connectivity index (χ1v) is 19.3. The molecule has 6 atom stereocenters. The molecule has 56 heavy (non-hydrogen) atoms. The molecule has 12 nitrogen and oxygen atoms in total. The lowest BCUT2D eigenvalue weighted by atomic mass is 9.51. The highest BCUT2D eigenvalue weighted by Crippen LogP contribution is 2.64. The Hall–Kier alpha value is -5.79. The summed E-state index contributed by atoms with van der Waals surface area (Å²) in [6, 6.07) is 17.9. The van der Waals surface area contributed by atoms with E-state index in [9.17, 15) is 29.4 Å². The van der Waals surface area contributed by atoms with Crippen LogP contribution in [0.4, 0.5) is 11.5 Å². The molecule has 2 N–H and O–H groups in total. The summed E-state index contributed by atoms with van der Waals surface area (Å²) in [5.41, 5.74) is 1.32. The number of imide groups is 2. The summed E-state index contributed by atoms with van der Waals surface area (Å²) in [5.74, 6) is -6.62. The van der Waals surface area contributed by atoms with Crippen molar-refractivity contribution < 1.29 is 38.9 Å². The van der Waals surface area contributed by atoms with Gasteiger partial charge in [0, 0.05) is 40.4 Å². The highest BCUT2D eigenvalue weighted by atomic mass is 35.5. The second-order valence-electron chi connectivity index (χ2n) is 15.2. The lowest BCUT2D eigenvalue weighted by Crippen LogP contribution is -2.49. The topological polar surface area (TPSA) is 159 Å². The minimum Gasteiger partial charge on any atom is -0.508 e. The van der Waals surface area contributed by atoms with Gasteiger partial charge in [0.25, 0.3) is 0 Å². The number of carboxylic acid groups (broad SMARTS) is 1. The minimum absolute atomic E-state index is 0.0688. The number of rotatable bonds is 6. The van der Waals surface area contributed by atoms with Gasteiger partial charge in [0.1, 0.15) is 23.0 Å². The van der Waals surface area contributed by atoms with E-state index in [0.29, 0.717) is 27.6 Å². The Bertz CT molecular complexity index is 2630. The Morgan fingerprint density at radius 3 is 2.50 bits per heavy atom. The number of thiophene rings is 1. The van der Waals surface area contributed by atoms with Crippen molar-refractivity contribution in [3.63, 3.8) is 0 Å². The van der Waals surface area contributed by atoms with Crippen LogP contribution in [0, 0.1) is 36.0 Å². The van der Waals surface area contributed by atoms with E-state index < -0.39 is 64.6 Å². The Labute approximate surface area is 329 Å². The minimum atomic E-state index is -1.41. The smallest absolute Gasteiger partial charge is 0.335 e. The number of ether oxygens (including phenoxy) is 1. The van der Waals surface area contributed by atoms with Crippen LogP contribution in [0.1, 0.15) is 47.2 Å². The summed E-state index contributed by atoms with van der Waals surface area (Å²) >= 11 is 7.84. The van der Waals surface area contributed by atoms with E-state index in [2.05, 4.69) is 0 Å². The number of phenols is 1. The van der Waals surface area contributed by atoms with Gasteiger partial charge in [-0.15, -0.1) is 11.3 Å². The molecule has 9 rings (SSSR count). The van der Waals surface area contributed by atoms with Crippen molar-refractivity contribution in [3.8, 4) is 22.1 Å². The molecule has 0 spiro atoms. The number of anilines is 2. The molecule has 0 radical (unpaired) electrons. The number of aromatic carboxylic acids is 1. The number of amides is 4. The number of halogens is 1. The number of nitrogens with zero attached hydrogens (tertiary/aromatic N) is 4. The van der Waals surface area contributed by atoms with Gasteiger partial charge in [0.05, 0.1) is 46.4 Å². The van der Waals surface area contributed by atoms with Gasteiger partial charge in [-0.05, 0) is 86.0 Å². The molecule has 4 aliphatic rings. The van der Waals surface area contributed by atoms with E-state index in [1.165, 1.54) is 58.4 Å². The normalized spacial score (nSPS) is 25.7. The fourth-order valence-corrected chi connectivity index (χ4v) is 11.0. The van der Waals surface area contributed by atoms with Crippen molar-refractivity contribution in [2.75, 3.05) is 16.9 Å². The highest BCUT2D eigenvalue weighted by Gasteiger charge is 2.68. The van der Waals surface area contributed by atoms with Crippen molar-refractivity contribution in [2.45, 2.75) is 32.6 Å². The number of allylic oxidation sites excluding steroid dienone is 2. The summed E-state index contributed by atoms with van der Waals surface area (Å²) < 4.78 is 7.91. The molecule has 2 aliphatic heterocycles. The molecule has 0 bridgehead atoms. The molecule has 2 saturated heterocycles. The van der Waals surface area contributed by atoms with Crippen LogP contribution in [0.5, 0.6) is 11.5 Å². The first-order chi connectivity index (χ1) is 26.7. The monoisotopic (exact) mass is 790 g/mol. The summed E-state index contributed by atoms with van der Waals surface area (Å²) in [4.78, 5) is 73.4. The van der Waals surface area contributed by atoms with E-state index >= 15 is 4.79 Å². The average molecular weight is 791 g/mol. The fraction of sp³-hybridized carbons (Fsp3) is 0.286. The van der Waals surface area contributed by atoms with Gasteiger partial charge >= 0.3 is 5.97 Å². The van der Waals surface area contributed by atoms with Crippen LogP contribution in [-0.4, -0.2) is 56.7 Å². The fourth-order valence-electron chi connectivity index (χ4n) is 9.72. The van der Waals surface area contributed by atoms with Gasteiger partial charge in [-0.25, -0.2) is 9.69 Å². The number of aryl methyl sites for hydroxylation is 2. The third-order valence-electron chi connectivity index (χ3n) is 12.4. The molecule has 5 aromatic rings. The van der Waals surface area contributed by atoms with Gasteiger partial charge in [-0.1, -0.05) is 35.4 Å². The maximum Gasteiger partial charge on any atom is 0.335 e. The third kappa shape index (κ3) is 4.96. The van der Waals surface area contributed by atoms with Gasteiger partial charge in [-0.2, -0.15) is 5.10 Å². The lowest BCUT2D eigenvalue weighted by Gasteiger charge is -2.49. The SMILES string of the molecule is COc1ccc([C@H]2C3=CC[C@@H]4C(=O)N(c5cccc(C(=O)O)c5)C(=O)[C@@H]4[C@@H]3C[C@H]3C(=O)N(c4cc(-c5sc6ccc(Cl)cc6c5C)nn4C)C(=O)[C@@]23C)c(O)c1. The number of fused-ring (bicyclic) bond motifs is 5. The van der Waals surface area contributed by atoms with Crippen molar-refractivity contribution in [1.29, 1.82) is 0 Å². The molecule has 3 fully saturated rings. The van der Waals surface area contributed by atoms with E-state index in [1.807, 2.05) is 31.2 Å². The molecule has 2 aliphatic carbocycles. The molecule has 2 aromatic heterocycles. The number of aromatic hydroxyl groups is 1. The van der Waals surface area contributed by atoms with Crippen LogP contribution >= 0.6 is 22.9 Å². The van der Waals surface area contributed by atoms with Crippen molar-refractivity contribution in [2.24, 2.45) is 36.1 Å². The van der Waals surface area contributed by atoms with E-state index in [-0.39, 0.29) is 35.7 Å². The lowest BCUT2D eigenvalue weighted by molar-refractivity contribution is -0.131. The van der Waals surface area contributed by atoms with Crippen LogP contribution in [0.15, 0.2) is 78.4 Å². The number of carbonyl (C=O) groups is 5. The van der Waals surface area contributed by atoms with Gasteiger partial charge in [-0.3, -0.25) is 28.8 Å². The number of phenolic OH excluding ortho intramolecular Hbond substituents is 1. The molecular weight excluding hydrogens is 756 g/mol. The number of benzene rings is 3. The van der Waals surface area contributed by atoms with Gasteiger partial charge in [0.2, 0.25) is 23.6 Å². The molecule has 1 saturated carbocycles. The molecule has 284 valence electrons. The average Bonchev–Trinajstić information content (AvgIpc) is 3.85. The second kappa shape index (κ2) is 12.6. The Morgan fingerprint density at radius 1 is 0.982 bits per heavy atom. The van der Waals surface area contributed by atoms with Crippen molar-refractivity contribution >= 4 is 74.1 Å². The molecule has 14 heteroatoms. The second-order valence-corrected chi connectivity index (χ2v) is 16.7. The van der Waals surface area contributed by atoms with Gasteiger partial charge in [0.15, 0.2) is 0 Å².